The Morgan fingerprint density at radius 1 is 0.765 bits per heavy atom. The van der Waals surface area contributed by atoms with Gasteiger partial charge in [0.1, 0.15) is 5.69 Å². The molecule has 0 bridgehead atoms. The van der Waals surface area contributed by atoms with Gasteiger partial charge in [0.15, 0.2) is 11.5 Å². The van der Waals surface area contributed by atoms with Crippen molar-refractivity contribution in [2.75, 3.05) is 5.32 Å². The largest absolute Gasteiger partial charge is 0.321 e. The van der Waals surface area contributed by atoms with Gasteiger partial charge in [-0.3, -0.25) is 9.78 Å². The number of para-hydroxylation sites is 1. The highest BCUT2D eigenvalue weighted by Gasteiger charge is 2.12. The van der Waals surface area contributed by atoms with Crippen molar-refractivity contribution in [3.8, 4) is 22.6 Å². The molecule has 8 nitrogen and oxygen atoms in total. The number of hydrogen-bond acceptors (Lipinski definition) is 6. The maximum absolute atomic E-state index is 12.7. The fourth-order valence-corrected chi connectivity index (χ4v) is 3.74. The van der Waals surface area contributed by atoms with Crippen molar-refractivity contribution in [1.29, 1.82) is 0 Å². The van der Waals surface area contributed by atoms with E-state index in [0.29, 0.717) is 22.9 Å². The molecule has 0 radical (unpaired) electrons. The van der Waals surface area contributed by atoms with E-state index in [0.717, 1.165) is 27.7 Å². The Morgan fingerprint density at radius 3 is 2.44 bits per heavy atom. The van der Waals surface area contributed by atoms with E-state index < -0.39 is 0 Å². The maximum atomic E-state index is 12.7. The summed E-state index contributed by atoms with van der Waals surface area (Å²) in [4.78, 5) is 21.2. The van der Waals surface area contributed by atoms with E-state index in [1.807, 2.05) is 78.9 Å². The second-order valence-corrected chi connectivity index (χ2v) is 7.67. The predicted molar refractivity (Wildman–Crippen MR) is 129 cm³/mol. The Hall–Kier alpha value is -4.98. The molecule has 0 saturated heterocycles. The summed E-state index contributed by atoms with van der Waals surface area (Å²) in [7, 11) is 0. The van der Waals surface area contributed by atoms with Crippen molar-refractivity contribution in [2.45, 2.75) is 0 Å². The summed E-state index contributed by atoms with van der Waals surface area (Å²) in [6.45, 7) is 0. The van der Waals surface area contributed by atoms with Gasteiger partial charge in [0.2, 0.25) is 0 Å². The van der Waals surface area contributed by atoms with E-state index in [1.54, 1.807) is 23.0 Å². The van der Waals surface area contributed by atoms with Crippen LogP contribution in [0.15, 0.2) is 97.3 Å². The molecular formula is C26H17N7O. The molecule has 0 fully saturated rings. The van der Waals surface area contributed by atoms with E-state index >= 15 is 0 Å². The Bertz CT molecular complexity index is 1640. The zero-order valence-electron chi connectivity index (χ0n) is 17.8. The van der Waals surface area contributed by atoms with E-state index in [1.165, 1.54) is 0 Å². The average Bonchev–Trinajstić information content (AvgIpc) is 3.33. The number of anilines is 1. The highest BCUT2D eigenvalue weighted by atomic mass is 16.1. The van der Waals surface area contributed by atoms with Crippen LogP contribution in [-0.2, 0) is 0 Å². The smallest absolute Gasteiger partial charge is 0.274 e. The van der Waals surface area contributed by atoms with Crippen LogP contribution in [0.5, 0.6) is 0 Å². The van der Waals surface area contributed by atoms with Crippen LogP contribution in [0.2, 0.25) is 0 Å². The Kier molecular flexibility index (Phi) is 4.73. The summed E-state index contributed by atoms with van der Waals surface area (Å²) in [6, 6.07) is 26.3. The van der Waals surface area contributed by atoms with Gasteiger partial charge in [-0.05, 0) is 48.5 Å². The molecule has 0 saturated carbocycles. The third-order valence-corrected chi connectivity index (χ3v) is 5.47. The Labute approximate surface area is 194 Å². The van der Waals surface area contributed by atoms with Gasteiger partial charge in [-0.15, -0.1) is 10.2 Å². The molecule has 0 aliphatic rings. The zero-order valence-corrected chi connectivity index (χ0v) is 17.8. The molecule has 8 heteroatoms. The fourth-order valence-electron chi connectivity index (χ4n) is 3.74. The monoisotopic (exact) mass is 443 g/mol. The van der Waals surface area contributed by atoms with Crippen molar-refractivity contribution in [1.82, 2.24) is 29.8 Å². The quantitative estimate of drug-likeness (QED) is 0.426. The van der Waals surface area contributed by atoms with Crippen LogP contribution in [-0.4, -0.2) is 35.7 Å². The number of fused-ring (bicyclic) bond motifs is 2. The minimum Gasteiger partial charge on any atom is -0.321 e. The van der Waals surface area contributed by atoms with Crippen molar-refractivity contribution in [2.24, 2.45) is 0 Å². The average molecular weight is 443 g/mol. The number of carbonyl (C=O) groups excluding carboxylic acids is 1. The van der Waals surface area contributed by atoms with Crippen molar-refractivity contribution in [3.05, 3.63) is 103 Å². The minimum absolute atomic E-state index is 0.260. The first-order valence-electron chi connectivity index (χ1n) is 10.6. The van der Waals surface area contributed by atoms with Crippen LogP contribution in [0.3, 0.4) is 0 Å². The lowest BCUT2D eigenvalue weighted by atomic mass is 10.1. The summed E-state index contributed by atoms with van der Waals surface area (Å²) < 4.78 is 1.71. The molecule has 6 rings (SSSR count). The first-order valence-corrected chi connectivity index (χ1v) is 10.6. The van der Waals surface area contributed by atoms with Crippen LogP contribution in [0, 0.1) is 0 Å². The van der Waals surface area contributed by atoms with E-state index in [4.69, 9.17) is 5.10 Å². The molecule has 2 aromatic carbocycles. The number of pyridine rings is 2. The van der Waals surface area contributed by atoms with Gasteiger partial charge in [0.25, 0.3) is 5.91 Å². The SMILES string of the molecule is O=C(Nc1ccc(-c2ccc3nnc(-c4ccncc4)n3n2)cc1)c1ccc2ccccc2n1. The molecule has 0 aliphatic heterocycles. The number of carbonyl (C=O) groups is 1. The molecule has 0 unspecified atom stereocenters. The van der Waals surface area contributed by atoms with Gasteiger partial charge >= 0.3 is 0 Å². The molecule has 4 heterocycles. The standard InChI is InChI=1S/C26H17N7O/c34-26(23-10-7-17-3-1-2-4-21(17)29-23)28-20-8-5-18(6-9-20)22-11-12-24-30-31-25(33(24)32-22)19-13-15-27-16-14-19/h1-16H,(H,28,34). The highest BCUT2D eigenvalue weighted by molar-refractivity contribution is 6.04. The van der Waals surface area contributed by atoms with Gasteiger partial charge in [-0.2, -0.15) is 9.61 Å². The molecule has 0 aliphatic carbocycles. The minimum atomic E-state index is -0.260. The first kappa shape index (κ1) is 19.7. The van der Waals surface area contributed by atoms with Gasteiger partial charge < -0.3 is 5.32 Å². The number of benzene rings is 2. The summed E-state index contributed by atoms with van der Waals surface area (Å²) in [5, 5.41) is 17.1. The molecule has 162 valence electrons. The van der Waals surface area contributed by atoms with Crippen molar-refractivity contribution in [3.63, 3.8) is 0 Å². The van der Waals surface area contributed by atoms with E-state index in [9.17, 15) is 4.79 Å². The lowest BCUT2D eigenvalue weighted by molar-refractivity contribution is 0.102. The lowest BCUT2D eigenvalue weighted by Gasteiger charge is -2.07. The third-order valence-electron chi connectivity index (χ3n) is 5.47. The Morgan fingerprint density at radius 2 is 1.59 bits per heavy atom. The van der Waals surface area contributed by atoms with Gasteiger partial charge in [0.05, 0.1) is 11.2 Å². The number of amides is 1. The normalized spacial score (nSPS) is 11.1. The molecule has 6 aromatic rings. The van der Waals surface area contributed by atoms with Crippen LogP contribution in [0.1, 0.15) is 10.5 Å². The maximum Gasteiger partial charge on any atom is 0.274 e. The topological polar surface area (TPSA) is 98.0 Å². The van der Waals surface area contributed by atoms with E-state index in [2.05, 4.69) is 25.5 Å². The van der Waals surface area contributed by atoms with Crippen molar-refractivity contribution >= 4 is 28.1 Å². The molecule has 0 spiro atoms. The van der Waals surface area contributed by atoms with Crippen LogP contribution in [0.4, 0.5) is 5.69 Å². The lowest BCUT2D eigenvalue weighted by Crippen LogP contribution is -2.13. The van der Waals surface area contributed by atoms with Crippen LogP contribution >= 0.6 is 0 Å². The molecule has 34 heavy (non-hydrogen) atoms. The highest BCUT2D eigenvalue weighted by Crippen LogP contribution is 2.23. The third kappa shape index (κ3) is 3.63. The summed E-state index contributed by atoms with van der Waals surface area (Å²) >= 11 is 0. The molecular weight excluding hydrogens is 426 g/mol. The van der Waals surface area contributed by atoms with E-state index in [-0.39, 0.29) is 5.91 Å². The van der Waals surface area contributed by atoms with Crippen molar-refractivity contribution < 1.29 is 4.79 Å². The van der Waals surface area contributed by atoms with Crippen LogP contribution in [0.25, 0.3) is 39.2 Å². The zero-order chi connectivity index (χ0) is 22.9. The Balaban J connectivity index is 1.25. The van der Waals surface area contributed by atoms with Crippen LogP contribution < -0.4 is 5.32 Å². The summed E-state index contributed by atoms with van der Waals surface area (Å²) in [5.41, 5.74) is 5.02. The summed E-state index contributed by atoms with van der Waals surface area (Å²) in [5.74, 6) is 0.385. The first-order chi connectivity index (χ1) is 16.7. The summed E-state index contributed by atoms with van der Waals surface area (Å²) in [6.07, 6.45) is 3.42. The second kappa shape index (κ2) is 8.18. The number of nitrogens with zero attached hydrogens (tertiary/aromatic N) is 6. The number of aromatic nitrogens is 6. The van der Waals surface area contributed by atoms with Gasteiger partial charge in [-0.1, -0.05) is 36.4 Å². The number of nitrogens with one attached hydrogen (secondary N) is 1. The molecule has 1 N–H and O–H groups in total. The second-order valence-electron chi connectivity index (χ2n) is 7.67. The predicted octanol–water partition coefficient (Wildman–Crippen LogP) is 4.65. The van der Waals surface area contributed by atoms with Gasteiger partial charge in [0, 0.05) is 34.6 Å². The molecule has 4 aromatic heterocycles. The number of rotatable bonds is 4. The molecule has 1 amide bonds. The van der Waals surface area contributed by atoms with Gasteiger partial charge in [-0.25, -0.2) is 4.98 Å². The fraction of sp³-hybridized carbons (Fsp3) is 0. The molecule has 0 atom stereocenters. The number of hydrogen-bond donors (Lipinski definition) is 1.